The van der Waals surface area contributed by atoms with E-state index < -0.39 is 0 Å². The molecule has 2 aromatic rings. The number of thioether (sulfide) groups is 1. The Kier molecular flexibility index (Phi) is 2.97. The van der Waals surface area contributed by atoms with Crippen molar-refractivity contribution in [3.8, 4) is 11.1 Å². The third-order valence-electron chi connectivity index (χ3n) is 2.36. The lowest BCUT2D eigenvalue weighted by molar-refractivity contribution is 1.45. The van der Waals surface area contributed by atoms with Gasteiger partial charge in [-0.2, -0.15) is 0 Å². The third-order valence-corrected chi connectivity index (χ3v) is 3.15. The van der Waals surface area contributed by atoms with E-state index in [-0.39, 0.29) is 0 Å². The highest BCUT2D eigenvalue weighted by Gasteiger charge is 2.05. The van der Waals surface area contributed by atoms with Crippen LogP contribution in [0.3, 0.4) is 0 Å². The first kappa shape index (κ1) is 10.1. The van der Waals surface area contributed by atoms with Gasteiger partial charge in [-0.1, -0.05) is 36.4 Å². The van der Waals surface area contributed by atoms with Gasteiger partial charge in [-0.05, 0) is 24.0 Å². The van der Waals surface area contributed by atoms with Crippen molar-refractivity contribution in [3.63, 3.8) is 0 Å². The summed E-state index contributed by atoms with van der Waals surface area (Å²) in [6, 6.07) is 16.3. The van der Waals surface area contributed by atoms with Crippen LogP contribution in [-0.4, -0.2) is 6.26 Å². The van der Waals surface area contributed by atoms with E-state index in [1.165, 1.54) is 10.5 Å². The second kappa shape index (κ2) is 4.41. The SMILES string of the molecule is CSc1ccccc1-c1ccccc1N. The predicted octanol–water partition coefficient (Wildman–Crippen LogP) is 3.66. The Hall–Kier alpha value is -1.41. The van der Waals surface area contributed by atoms with Gasteiger partial charge in [0.15, 0.2) is 0 Å². The van der Waals surface area contributed by atoms with Crippen molar-refractivity contribution in [2.45, 2.75) is 4.90 Å². The molecule has 0 aromatic heterocycles. The van der Waals surface area contributed by atoms with Crippen LogP contribution in [0.4, 0.5) is 5.69 Å². The number of hydrogen-bond donors (Lipinski definition) is 1. The van der Waals surface area contributed by atoms with Crippen LogP contribution in [0.5, 0.6) is 0 Å². The summed E-state index contributed by atoms with van der Waals surface area (Å²) in [5.74, 6) is 0. The van der Waals surface area contributed by atoms with E-state index in [4.69, 9.17) is 5.73 Å². The van der Waals surface area contributed by atoms with E-state index >= 15 is 0 Å². The second-order valence-electron chi connectivity index (χ2n) is 3.29. The van der Waals surface area contributed by atoms with E-state index in [9.17, 15) is 0 Å². The van der Waals surface area contributed by atoms with Crippen LogP contribution in [-0.2, 0) is 0 Å². The molecule has 2 N–H and O–H groups in total. The largest absolute Gasteiger partial charge is 0.398 e. The molecule has 2 rings (SSSR count). The zero-order valence-corrected chi connectivity index (χ0v) is 9.42. The summed E-state index contributed by atoms with van der Waals surface area (Å²) < 4.78 is 0. The summed E-state index contributed by atoms with van der Waals surface area (Å²) in [5.41, 5.74) is 9.12. The van der Waals surface area contributed by atoms with Gasteiger partial charge in [0.2, 0.25) is 0 Å². The monoisotopic (exact) mass is 215 g/mol. The van der Waals surface area contributed by atoms with Crippen molar-refractivity contribution >= 4 is 17.4 Å². The van der Waals surface area contributed by atoms with Crippen molar-refractivity contribution in [1.29, 1.82) is 0 Å². The molecule has 0 atom stereocenters. The van der Waals surface area contributed by atoms with Crippen LogP contribution in [0.2, 0.25) is 0 Å². The molecule has 0 bridgehead atoms. The maximum atomic E-state index is 5.97. The Labute approximate surface area is 94.3 Å². The highest BCUT2D eigenvalue weighted by molar-refractivity contribution is 7.98. The fourth-order valence-corrected chi connectivity index (χ4v) is 2.22. The van der Waals surface area contributed by atoms with Crippen LogP contribution in [0.15, 0.2) is 53.4 Å². The predicted molar refractivity (Wildman–Crippen MR) is 68.1 cm³/mol. The number of hydrogen-bond acceptors (Lipinski definition) is 2. The van der Waals surface area contributed by atoms with E-state index in [0.29, 0.717) is 0 Å². The maximum absolute atomic E-state index is 5.97. The Morgan fingerprint density at radius 2 is 1.47 bits per heavy atom. The summed E-state index contributed by atoms with van der Waals surface area (Å²) >= 11 is 1.74. The van der Waals surface area contributed by atoms with E-state index in [0.717, 1.165) is 11.3 Å². The number of anilines is 1. The normalized spacial score (nSPS) is 10.2. The van der Waals surface area contributed by atoms with E-state index in [1.54, 1.807) is 11.8 Å². The summed E-state index contributed by atoms with van der Waals surface area (Å²) in [6.07, 6.45) is 2.08. The molecule has 2 aromatic carbocycles. The van der Waals surface area contributed by atoms with E-state index in [1.807, 2.05) is 24.3 Å². The first-order valence-electron chi connectivity index (χ1n) is 4.81. The summed E-state index contributed by atoms with van der Waals surface area (Å²) in [7, 11) is 0. The van der Waals surface area contributed by atoms with Gasteiger partial charge in [0.1, 0.15) is 0 Å². The number of rotatable bonds is 2. The van der Waals surface area contributed by atoms with Crippen LogP contribution in [0.25, 0.3) is 11.1 Å². The van der Waals surface area contributed by atoms with Gasteiger partial charge in [-0.25, -0.2) is 0 Å². The molecule has 2 heteroatoms. The number of para-hydroxylation sites is 1. The van der Waals surface area contributed by atoms with Gasteiger partial charge >= 0.3 is 0 Å². The molecule has 0 aliphatic carbocycles. The number of benzene rings is 2. The Balaban J connectivity index is 2.59. The highest BCUT2D eigenvalue weighted by Crippen LogP contribution is 2.33. The molecular weight excluding hydrogens is 202 g/mol. The number of nitrogen functional groups attached to an aromatic ring is 1. The standard InChI is InChI=1S/C13H13NS/c1-15-13-9-5-3-7-11(13)10-6-2-4-8-12(10)14/h2-9H,14H2,1H3. The molecule has 76 valence electrons. The number of nitrogens with two attached hydrogens (primary N) is 1. The van der Waals surface area contributed by atoms with Gasteiger partial charge < -0.3 is 5.73 Å². The average Bonchev–Trinajstić information content (AvgIpc) is 2.30. The second-order valence-corrected chi connectivity index (χ2v) is 4.14. The Bertz CT molecular complexity index is 466. The summed E-state index contributed by atoms with van der Waals surface area (Å²) in [5, 5.41) is 0. The Morgan fingerprint density at radius 1 is 0.867 bits per heavy atom. The van der Waals surface area contributed by atoms with Crippen LogP contribution in [0.1, 0.15) is 0 Å². The lowest BCUT2D eigenvalue weighted by Crippen LogP contribution is -1.90. The minimum absolute atomic E-state index is 0.832. The third kappa shape index (κ3) is 2.00. The molecule has 15 heavy (non-hydrogen) atoms. The summed E-state index contributed by atoms with van der Waals surface area (Å²) in [6.45, 7) is 0. The maximum Gasteiger partial charge on any atom is 0.0394 e. The fourth-order valence-electron chi connectivity index (χ4n) is 1.61. The molecule has 0 radical (unpaired) electrons. The van der Waals surface area contributed by atoms with Gasteiger partial charge in [-0.15, -0.1) is 11.8 Å². The van der Waals surface area contributed by atoms with Crippen molar-refractivity contribution in [1.82, 2.24) is 0 Å². The van der Waals surface area contributed by atoms with Crippen LogP contribution >= 0.6 is 11.8 Å². The minimum atomic E-state index is 0.832. The molecule has 0 saturated heterocycles. The quantitative estimate of drug-likeness (QED) is 0.611. The molecule has 0 heterocycles. The first-order chi connectivity index (χ1) is 7.33. The van der Waals surface area contributed by atoms with Crippen LogP contribution in [0, 0.1) is 0 Å². The topological polar surface area (TPSA) is 26.0 Å². The molecule has 0 fully saturated rings. The van der Waals surface area contributed by atoms with Crippen molar-refractivity contribution < 1.29 is 0 Å². The lowest BCUT2D eigenvalue weighted by atomic mass is 10.0. The molecule has 0 aliphatic heterocycles. The van der Waals surface area contributed by atoms with Gasteiger partial charge in [0, 0.05) is 16.1 Å². The molecule has 0 unspecified atom stereocenters. The average molecular weight is 215 g/mol. The zero-order chi connectivity index (χ0) is 10.7. The van der Waals surface area contributed by atoms with E-state index in [2.05, 4.69) is 30.5 Å². The van der Waals surface area contributed by atoms with Gasteiger partial charge in [-0.3, -0.25) is 0 Å². The van der Waals surface area contributed by atoms with Crippen molar-refractivity contribution in [2.24, 2.45) is 0 Å². The highest BCUT2D eigenvalue weighted by atomic mass is 32.2. The molecule has 0 saturated carbocycles. The van der Waals surface area contributed by atoms with Gasteiger partial charge in [0.25, 0.3) is 0 Å². The minimum Gasteiger partial charge on any atom is -0.398 e. The zero-order valence-electron chi connectivity index (χ0n) is 8.60. The Morgan fingerprint density at radius 3 is 2.13 bits per heavy atom. The lowest BCUT2D eigenvalue weighted by Gasteiger charge is -2.09. The molecular formula is C13H13NS. The fraction of sp³-hybridized carbons (Fsp3) is 0.0769. The van der Waals surface area contributed by atoms with Gasteiger partial charge in [0.05, 0.1) is 0 Å². The van der Waals surface area contributed by atoms with Crippen molar-refractivity contribution in [2.75, 3.05) is 12.0 Å². The summed E-state index contributed by atoms with van der Waals surface area (Å²) in [4.78, 5) is 1.26. The van der Waals surface area contributed by atoms with Crippen LogP contribution < -0.4 is 5.73 Å². The van der Waals surface area contributed by atoms with Crippen molar-refractivity contribution in [3.05, 3.63) is 48.5 Å². The molecule has 0 aliphatic rings. The molecule has 0 amide bonds. The molecule has 1 nitrogen and oxygen atoms in total. The first-order valence-corrected chi connectivity index (χ1v) is 6.03. The molecule has 0 spiro atoms. The smallest absolute Gasteiger partial charge is 0.0394 e.